The summed E-state index contributed by atoms with van der Waals surface area (Å²) in [6.45, 7) is 7.55. The summed E-state index contributed by atoms with van der Waals surface area (Å²) in [5.74, 6) is -2.42. The van der Waals surface area contributed by atoms with Crippen molar-refractivity contribution in [3.05, 3.63) is 54.6 Å². The van der Waals surface area contributed by atoms with Crippen LogP contribution in [0.3, 0.4) is 0 Å². The maximum atomic E-state index is 15.0. The molecule has 3 aliphatic rings. The zero-order valence-electron chi connectivity index (χ0n) is 33.0. The number of carbonyl (C=O) groups excluding carboxylic acids is 5. The maximum Gasteiger partial charge on any atom is 0.272 e. The minimum absolute atomic E-state index is 0.0982. The van der Waals surface area contributed by atoms with Crippen molar-refractivity contribution in [1.29, 1.82) is 0 Å². The third-order valence-electron chi connectivity index (χ3n) is 11.5. The van der Waals surface area contributed by atoms with E-state index in [0.717, 1.165) is 63.5 Å². The van der Waals surface area contributed by atoms with Crippen LogP contribution in [0.25, 0.3) is 0 Å². The summed E-state index contributed by atoms with van der Waals surface area (Å²) in [5, 5.41) is 21.7. The van der Waals surface area contributed by atoms with E-state index in [9.17, 15) is 29.1 Å². The molecule has 2 aliphatic carbocycles. The van der Waals surface area contributed by atoms with Crippen LogP contribution in [0.5, 0.6) is 0 Å². The number of aliphatic hydroxyl groups excluding tert-OH is 1. The van der Waals surface area contributed by atoms with Gasteiger partial charge in [-0.1, -0.05) is 84.4 Å². The number of carbonyl (C=O) groups is 5. The fourth-order valence-corrected chi connectivity index (χ4v) is 8.57. The highest BCUT2D eigenvalue weighted by atomic mass is 16.3. The van der Waals surface area contributed by atoms with Crippen LogP contribution in [-0.2, 0) is 19.2 Å². The Kier molecular flexibility index (Phi) is 14.2. The molecular weight excluding hydrogens is 701 g/mol. The number of hydrogen-bond acceptors (Lipinski definition) is 9. The van der Waals surface area contributed by atoms with E-state index in [1.54, 1.807) is 11.9 Å². The van der Waals surface area contributed by atoms with Crippen molar-refractivity contribution in [1.82, 2.24) is 36.2 Å². The van der Waals surface area contributed by atoms with E-state index in [-0.39, 0.29) is 29.5 Å². The van der Waals surface area contributed by atoms with E-state index in [4.69, 9.17) is 0 Å². The second-order valence-electron chi connectivity index (χ2n) is 16.6. The molecule has 7 atom stereocenters. The lowest BCUT2D eigenvalue weighted by molar-refractivity contribution is -0.147. The second kappa shape index (κ2) is 18.8. The van der Waals surface area contributed by atoms with Crippen LogP contribution >= 0.6 is 0 Å². The van der Waals surface area contributed by atoms with E-state index < -0.39 is 59.3 Å². The van der Waals surface area contributed by atoms with Gasteiger partial charge < -0.3 is 26.0 Å². The van der Waals surface area contributed by atoms with E-state index in [2.05, 4.69) is 31.3 Å². The number of nitrogens with zero attached hydrogens (tertiary/aromatic N) is 4. The summed E-state index contributed by atoms with van der Waals surface area (Å²) in [6, 6.07) is 5.34. The van der Waals surface area contributed by atoms with Crippen molar-refractivity contribution >= 4 is 35.2 Å². The molecule has 14 heteroatoms. The van der Waals surface area contributed by atoms with Crippen LogP contribution in [0.1, 0.15) is 115 Å². The van der Waals surface area contributed by atoms with Crippen LogP contribution in [0.2, 0.25) is 0 Å². The van der Waals surface area contributed by atoms with Gasteiger partial charge in [-0.05, 0) is 67.9 Å². The Morgan fingerprint density at radius 3 is 2.25 bits per heavy atom. The Morgan fingerprint density at radius 1 is 0.909 bits per heavy atom. The monoisotopic (exact) mass is 760 g/mol. The van der Waals surface area contributed by atoms with Crippen LogP contribution in [-0.4, -0.2) is 92.9 Å². The predicted molar refractivity (Wildman–Crippen MR) is 208 cm³/mol. The number of benzene rings is 1. The zero-order valence-corrected chi connectivity index (χ0v) is 33.0. The molecule has 2 aromatic rings. The molecule has 300 valence electrons. The van der Waals surface area contributed by atoms with Crippen molar-refractivity contribution in [2.24, 2.45) is 17.3 Å². The number of fused-ring (bicyclic) bond motifs is 1. The quantitative estimate of drug-likeness (QED) is 0.179. The van der Waals surface area contributed by atoms with Crippen molar-refractivity contribution in [2.45, 2.75) is 141 Å². The molecule has 3 fully saturated rings. The highest BCUT2D eigenvalue weighted by Gasteiger charge is 2.51. The van der Waals surface area contributed by atoms with Crippen molar-refractivity contribution in [2.75, 3.05) is 12.1 Å². The number of hydrazine groups is 1. The molecule has 14 nitrogen and oxygen atoms in total. The first-order valence-electron chi connectivity index (χ1n) is 20.1. The lowest BCUT2D eigenvalue weighted by Crippen LogP contribution is -2.63. The number of aromatic nitrogens is 2. The van der Waals surface area contributed by atoms with Gasteiger partial charge in [0.25, 0.3) is 11.8 Å². The number of likely N-dealkylation sites (tertiary alicyclic amines) is 1. The summed E-state index contributed by atoms with van der Waals surface area (Å²) in [7, 11) is 1.67. The van der Waals surface area contributed by atoms with Crippen LogP contribution in [0, 0.1) is 17.3 Å². The summed E-state index contributed by atoms with van der Waals surface area (Å²) >= 11 is 0. The Morgan fingerprint density at radius 2 is 1.60 bits per heavy atom. The smallest absolute Gasteiger partial charge is 0.272 e. The van der Waals surface area contributed by atoms with Gasteiger partial charge in [-0.25, -0.2) is 4.98 Å². The Labute approximate surface area is 325 Å². The largest absolute Gasteiger partial charge is 0.381 e. The molecule has 0 spiro atoms. The Bertz CT molecular complexity index is 1620. The van der Waals surface area contributed by atoms with Crippen molar-refractivity contribution in [3.8, 4) is 0 Å². The minimum Gasteiger partial charge on any atom is -0.381 e. The van der Waals surface area contributed by atoms with Gasteiger partial charge in [0.05, 0.1) is 17.9 Å². The molecule has 2 saturated carbocycles. The number of amides is 5. The molecule has 4 unspecified atom stereocenters. The molecule has 0 radical (unpaired) electrons. The van der Waals surface area contributed by atoms with Gasteiger partial charge in [0, 0.05) is 25.5 Å². The third kappa shape index (κ3) is 10.4. The number of hydrogen-bond donors (Lipinski definition) is 5. The summed E-state index contributed by atoms with van der Waals surface area (Å²) < 4.78 is 0. The highest BCUT2D eigenvalue weighted by molar-refractivity contribution is 5.98. The molecule has 2 heterocycles. The number of para-hydroxylation sites is 1. The molecule has 0 bridgehead atoms. The van der Waals surface area contributed by atoms with Crippen LogP contribution in [0.4, 0.5) is 5.69 Å². The van der Waals surface area contributed by atoms with E-state index in [1.165, 1.54) is 23.6 Å². The molecule has 1 aromatic carbocycles. The SMILES string of the molecule is CCC[C@H](NC(=O)C1CC2CCCCC2N1C(=O)[C@@H](NC(=O)[C@@H](NC(=O)c1cnccn1)C1CCCCC1)C(C)(C)C)C(O)C(=O)NN(C)c1ccccc1. The summed E-state index contributed by atoms with van der Waals surface area (Å²) in [4.78, 5) is 79.9. The van der Waals surface area contributed by atoms with E-state index in [1.807, 2.05) is 58.0 Å². The van der Waals surface area contributed by atoms with Gasteiger partial charge in [0.2, 0.25) is 17.7 Å². The number of aliphatic hydroxyl groups is 1. The van der Waals surface area contributed by atoms with Crippen molar-refractivity contribution in [3.63, 3.8) is 0 Å². The van der Waals surface area contributed by atoms with Gasteiger partial charge in [0.15, 0.2) is 6.10 Å². The molecule has 1 saturated heterocycles. The predicted octanol–water partition coefficient (Wildman–Crippen LogP) is 3.66. The van der Waals surface area contributed by atoms with Gasteiger partial charge in [-0.3, -0.25) is 39.4 Å². The maximum absolute atomic E-state index is 15.0. The Hall–Kier alpha value is -4.59. The van der Waals surface area contributed by atoms with E-state index >= 15 is 0 Å². The minimum atomic E-state index is -1.54. The lowest BCUT2D eigenvalue weighted by Gasteiger charge is -2.40. The van der Waals surface area contributed by atoms with E-state index in [0.29, 0.717) is 19.3 Å². The van der Waals surface area contributed by atoms with Gasteiger partial charge in [-0.15, -0.1) is 0 Å². The standard InChI is InChI=1S/C41H60N8O6/c1-6-15-29(34(50)39(54)47-48(5)28-19-11-8-12-20-28)44-37(52)32-24-27-18-13-14-21-31(27)49(32)40(55)35(41(2,3)4)46-38(53)33(26-16-9-7-10-17-26)45-36(51)30-25-42-22-23-43-30/h8,11-12,19-20,22-23,25-27,29,31-35,50H,6-7,9-10,13-18,21,24H2,1-5H3,(H,44,52)(H,45,51)(H,46,53)(H,47,54)/t27?,29-,31?,32?,33-,34?,35+/m0/s1. The molecule has 1 aromatic heterocycles. The normalized spacial score (nSPS) is 22.3. The first-order valence-corrected chi connectivity index (χ1v) is 20.1. The fourth-order valence-electron chi connectivity index (χ4n) is 8.57. The highest BCUT2D eigenvalue weighted by Crippen LogP contribution is 2.41. The second-order valence-corrected chi connectivity index (χ2v) is 16.6. The fraction of sp³-hybridized carbons (Fsp3) is 0.634. The molecule has 5 N–H and O–H groups in total. The number of anilines is 1. The molecular formula is C41H60N8O6. The lowest BCUT2D eigenvalue weighted by atomic mass is 9.81. The number of nitrogens with one attached hydrogen (secondary N) is 4. The zero-order chi connectivity index (χ0) is 39.7. The molecule has 1 aliphatic heterocycles. The van der Waals surface area contributed by atoms with Crippen LogP contribution in [0.15, 0.2) is 48.9 Å². The molecule has 5 rings (SSSR count). The van der Waals surface area contributed by atoms with Gasteiger partial charge in [0.1, 0.15) is 23.8 Å². The van der Waals surface area contributed by atoms with Gasteiger partial charge >= 0.3 is 0 Å². The Balaban J connectivity index is 1.36. The number of rotatable bonds is 14. The molecule has 55 heavy (non-hydrogen) atoms. The average Bonchev–Trinajstić information content (AvgIpc) is 3.58. The summed E-state index contributed by atoms with van der Waals surface area (Å²) in [5.41, 5.74) is 2.77. The third-order valence-corrected chi connectivity index (χ3v) is 11.5. The topological polar surface area (TPSA) is 186 Å². The first-order chi connectivity index (χ1) is 26.3. The van der Waals surface area contributed by atoms with Crippen LogP contribution < -0.4 is 26.4 Å². The molecule has 5 amide bonds. The van der Waals surface area contributed by atoms with Gasteiger partial charge in [-0.2, -0.15) is 0 Å². The first kappa shape index (κ1) is 41.6. The average molecular weight is 761 g/mol. The van der Waals surface area contributed by atoms with Crippen molar-refractivity contribution < 1.29 is 29.1 Å². The summed E-state index contributed by atoms with van der Waals surface area (Å²) in [6.07, 6.45) is 12.0.